The number of fused-ring (bicyclic) bond motifs is 2. The highest BCUT2D eigenvalue weighted by molar-refractivity contribution is 5.94. The summed E-state index contributed by atoms with van der Waals surface area (Å²) in [5, 5.41) is 10.8. The van der Waals surface area contributed by atoms with E-state index in [-0.39, 0.29) is 23.7 Å². The first-order chi connectivity index (χ1) is 14.8. The number of primary amides is 1. The first kappa shape index (κ1) is 19.2. The minimum atomic E-state index is -1.64. The first-order valence-corrected chi connectivity index (χ1v) is 9.82. The standard InChI is InChI=1S/C23H20N4O4/c1-26-17-12-16(17)23(30,22(26)29)8-6-13-4-3-5-14(10-13)19-18-11-15(31-2)7-9-27(18)21(25-19)20(24)28/h3-5,7,9-11,16-17,30H,12H2,1-2H3,(H2,24,28)/t16-,17+,23-/m0/s1. The number of benzene rings is 1. The van der Waals surface area contributed by atoms with E-state index in [1.54, 1.807) is 60.0 Å². The zero-order valence-electron chi connectivity index (χ0n) is 17.0. The van der Waals surface area contributed by atoms with Gasteiger partial charge in [-0.3, -0.25) is 14.0 Å². The van der Waals surface area contributed by atoms with Crippen molar-refractivity contribution in [1.29, 1.82) is 0 Å². The van der Waals surface area contributed by atoms with Crippen molar-refractivity contribution in [3.63, 3.8) is 0 Å². The van der Waals surface area contributed by atoms with E-state index in [4.69, 9.17) is 10.5 Å². The molecule has 1 aliphatic carbocycles. The maximum Gasteiger partial charge on any atom is 0.285 e. The molecule has 0 spiro atoms. The minimum Gasteiger partial charge on any atom is -0.497 e. The molecule has 0 bridgehead atoms. The molecule has 3 aromatic rings. The summed E-state index contributed by atoms with van der Waals surface area (Å²) >= 11 is 0. The van der Waals surface area contributed by atoms with E-state index in [1.165, 1.54) is 0 Å². The van der Waals surface area contributed by atoms with Crippen molar-refractivity contribution < 1.29 is 19.4 Å². The molecule has 2 amide bonds. The molecule has 1 saturated heterocycles. The molecular weight excluding hydrogens is 396 g/mol. The lowest BCUT2D eigenvalue weighted by Gasteiger charge is -2.18. The summed E-state index contributed by atoms with van der Waals surface area (Å²) in [4.78, 5) is 30.3. The van der Waals surface area contributed by atoms with Gasteiger partial charge in [0.1, 0.15) is 5.75 Å². The Kier molecular flexibility index (Phi) is 4.07. The fraction of sp³-hybridized carbons (Fsp3) is 0.261. The molecule has 1 aromatic carbocycles. The lowest BCUT2D eigenvalue weighted by molar-refractivity contribution is -0.140. The van der Waals surface area contributed by atoms with Crippen LogP contribution in [0.25, 0.3) is 16.8 Å². The lowest BCUT2D eigenvalue weighted by atomic mass is 9.98. The number of pyridine rings is 1. The molecule has 3 heterocycles. The van der Waals surface area contributed by atoms with Crippen molar-refractivity contribution in [1.82, 2.24) is 14.3 Å². The van der Waals surface area contributed by atoms with Gasteiger partial charge in [-0.15, -0.1) is 0 Å². The van der Waals surface area contributed by atoms with Crippen LogP contribution in [0.1, 0.15) is 22.6 Å². The summed E-state index contributed by atoms with van der Waals surface area (Å²) < 4.78 is 6.92. The number of carbonyl (C=O) groups is 2. The molecular formula is C23H20N4O4. The fourth-order valence-corrected chi connectivity index (χ4v) is 4.27. The lowest BCUT2D eigenvalue weighted by Crippen LogP contribution is -2.41. The summed E-state index contributed by atoms with van der Waals surface area (Å²) in [6.07, 6.45) is 2.45. The highest BCUT2D eigenvalue weighted by atomic mass is 16.5. The normalized spacial score (nSPS) is 24.0. The smallest absolute Gasteiger partial charge is 0.285 e. The molecule has 2 fully saturated rings. The number of rotatable bonds is 3. The third-order valence-electron chi connectivity index (χ3n) is 6.04. The number of aliphatic hydroxyl groups is 1. The number of amides is 2. The number of carbonyl (C=O) groups excluding carboxylic acids is 2. The van der Waals surface area contributed by atoms with Crippen LogP contribution < -0.4 is 10.5 Å². The Morgan fingerprint density at radius 3 is 2.84 bits per heavy atom. The predicted octanol–water partition coefficient (Wildman–Crippen LogP) is 1.05. The van der Waals surface area contributed by atoms with Gasteiger partial charge in [0.05, 0.1) is 18.3 Å². The molecule has 8 heteroatoms. The maximum absolute atomic E-state index is 12.4. The number of nitrogens with zero attached hydrogens (tertiary/aromatic N) is 3. The average Bonchev–Trinajstić information content (AvgIpc) is 3.46. The summed E-state index contributed by atoms with van der Waals surface area (Å²) in [6, 6.07) is 10.8. The van der Waals surface area contributed by atoms with E-state index in [2.05, 4.69) is 16.8 Å². The first-order valence-electron chi connectivity index (χ1n) is 9.82. The van der Waals surface area contributed by atoms with Crippen molar-refractivity contribution in [3.8, 4) is 28.8 Å². The van der Waals surface area contributed by atoms with Crippen molar-refractivity contribution in [2.75, 3.05) is 14.2 Å². The van der Waals surface area contributed by atoms with Gasteiger partial charge in [-0.05, 0) is 24.6 Å². The molecule has 8 nitrogen and oxygen atoms in total. The van der Waals surface area contributed by atoms with E-state index in [9.17, 15) is 14.7 Å². The molecule has 5 rings (SSSR count). The molecule has 3 N–H and O–H groups in total. The highest BCUT2D eigenvalue weighted by Gasteiger charge is 2.66. The van der Waals surface area contributed by atoms with Gasteiger partial charge in [0.15, 0.2) is 0 Å². The van der Waals surface area contributed by atoms with E-state index in [0.29, 0.717) is 22.5 Å². The number of hydrogen-bond acceptors (Lipinski definition) is 5. The summed E-state index contributed by atoms with van der Waals surface area (Å²) in [5.41, 5.74) is 6.42. The molecule has 31 heavy (non-hydrogen) atoms. The second kappa shape index (κ2) is 6.59. The summed E-state index contributed by atoms with van der Waals surface area (Å²) in [7, 11) is 3.26. The van der Waals surface area contributed by atoms with E-state index < -0.39 is 11.5 Å². The van der Waals surface area contributed by atoms with Crippen molar-refractivity contribution in [2.24, 2.45) is 11.7 Å². The van der Waals surface area contributed by atoms with Crippen molar-refractivity contribution in [3.05, 3.63) is 54.0 Å². The second-order valence-electron chi connectivity index (χ2n) is 7.89. The number of nitrogens with two attached hydrogens (primary N) is 1. The topological polar surface area (TPSA) is 110 Å². The van der Waals surface area contributed by atoms with Crippen LogP contribution in [-0.4, -0.2) is 57.0 Å². The van der Waals surface area contributed by atoms with Crippen LogP contribution >= 0.6 is 0 Å². The molecule has 3 atom stereocenters. The Morgan fingerprint density at radius 2 is 2.16 bits per heavy atom. The quantitative estimate of drug-likeness (QED) is 0.620. The van der Waals surface area contributed by atoms with Gasteiger partial charge >= 0.3 is 0 Å². The SMILES string of the molecule is COc1ccn2c(C(N)=O)nc(-c3cccc(C#C[C@@]4(O)C(=O)N(C)[C@@H]5C[C@@H]54)c3)c2c1. The van der Waals surface area contributed by atoms with Gasteiger partial charge in [0.25, 0.3) is 11.8 Å². The Morgan fingerprint density at radius 1 is 1.35 bits per heavy atom. The number of aromatic nitrogens is 2. The van der Waals surface area contributed by atoms with E-state index in [1.807, 2.05) is 6.07 Å². The molecule has 0 radical (unpaired) electrons. The molecule has 0 unspecified atom stereocenters. The van der Waals surface area contributed by atoms with Gasteiger partial charge in [-0.2, -0.15) is 0 Å². The van der Waals surface area contributed by atoms with E-state index in [0.717, 1.165) is 12.0 Å². The Hall–Kier alpha value is -3.83. The maximum atomic E-state index is 12.4. The Labute approximate surface area is 178 Å². The molecule has 1 saturated carbocycles. The van der Waals surface area contributed by atoms with Gasteiger partial charge < -0.3 is 20.5 Å². The number of methoxy groups -OCH3 is 1. The molecule has 1 aliphatic heterocycles. The average molecular weight is 416 g/mol. The largest absolute Gasteiger partial charge is 0.497 e. The number of piperidine rings is 1. The molecule has 156 valence electrons. The van der Waals surface area contributed by atoms with Gasteiger partial charge in [-0.1, -0.05) is 24.0 Å². The zero-order chi connectivity index (χ0) is 21.9. The van der Waals surface area contributed by atoms with Crippen molar-refractivity contribution >= 4 is 17.3 Å². The second-order valence-corrected chi connectivity index (χ2v) is 7.89. The number of imidazole rings is 1. The Bertz CT molecular complexity index is 1320. The van der Waals surface area contributed by atoms with Crippen LogP contribution in [0.15, 0.2) is 42.6 Å². The Balaban J connectivity index is 1.57. The third kappa shape index (κ3) is 2.86. The van der Waals surface area contributed by atoms with Gasteiger partial charge in [-0.25, -0.2) is 4.98 Å². The summed E-state index contributed by atoms with van der Waals surface area (Å²) in [5.74, 6) is 5.34. The number of ether oxygens (including phenoxy) is 1. The predicted molar refractivity (Wildman–Crippen MR) is 112 cm³/mol. The monoisotopic (exact) mass is 416 g/mol. The zero-order valence-corrected chi connectivity index (χ0v) is 17.0. The van der Waals surface area contributed by atoms with Gasteiger partial charge in [0.2, 0.25) is 11.4 Å². The van der Waals surface area contributed by atoms with Crippen LogP contribution in [0.3, 0.4) is 0 Å². The summed E-state index contributed by atoms with van der Waals surface area (Å²) in [6.45, 7) is 0. The van der Waals surface area contributed by atoms with Crippen LogP contribution in [0.2, 0.25) is 0 Å². The van der Waals surface area contributed by atoms with Gasteiger partial charge in [0, 0.05) is 42.4 Å². The van der Waals surface area contributed by atoms with Crippen LogP contribution in [0, 0.1) is 17.8 Å². The minimum absolute atomic E-state index is 0.0808. The number of likely N-dealkylation sites (N-methyl/N-ethyl adjacent to an activating group) is 1. The fourth-order valence-electron chi connectivity index (χ4n) is 4.27. The number of likely N-dealkylation sites (tertiary alicyclic amines) is 1. The van der Waals surface area contributed by atoms with Crippen LogP contribution in [0.4, 0.5) is 0 Å². The highest BCUT2D eigenvalue weighted by Crippen LogP contribution is 2.50. The van der Waals surface area contributed by atoms with Crippen LogP contribution in [0.5, 0.6) is 5.75 Å². The molecule has 2 aromatic heterocycles. The van der Waals surface area contributed by atoms with Crippen LogP contribution in [-0.2, 0) is 4.79 Å². The molecule has 2 aliphatic rings. The van der Waals surface area contributed by atoms with E-state index >= 15 is 0 Å². The van der Waals surface area contributed by atoms with Crippen molar-refractivity contribution in [2.45, 2.75) is 18.1 Å². The number of hydrogen-bond donors (Lipinski definition) is 2. The third-order valence-corrected chi connectivity index (χ3v) is 6.04.